The molecule has 0 saturated carbocycles. The summed E-state index contributed by atoms with van der Waals surface area (Å²) in [4.78, 5) is 1.21. The van der Waals surface area contributed by atoms with E-state index in [9.17, 15) is 4.39 Å². The summed E-state index contributed by atoms with van der Waals surface area (Å²) in [6.45, 7) is 4.03. The van der Waals surface area contributed by atoms with Crippen molar-refractivity contribution in [1.29, 1.82) is 0 Å². The van der Waals surface area contributed by atoms with Crippen LogP contribution in [0.4, 0.5) is 10.1 Å². The van der Waals surface area contributed by atoms with Crippen LogP contribution in [0.5, 0.6) is 0 Å². The Kier molecular flexibility index (Phi) is 4.45. The van der Waals surface area contributed by atoms with Crippen molar-refractivity contribution in [3.05, 3.63) is 48.8 Å². The molecule has 0 aliphatic carbocycles. The summed E-state index contributed by atoms with van der Waals surface area (Å²) < 4.78 is 15.1. The van der Waals surface area contributed by atoms with Crippen LogP contribution in [0.15, 0.2) is 32.5 Å². The number of benzene rings is 1. The molecule has 1 aromatic carbocycles. The van der Waals surface area contributed by atoms with Gasteiger partial charge in [0.25, 0.3) is 0 Å². The lowest BCUT2D eigenvalue weighted by molar-refractivity contribution is 0.620. The van der Waals surface area contributed by atoms with Crippen LogP contribution < -0.4 is 5.32 Å². The van der Waals surface area contributed by atoms with Crippen LogP contribution in [0.2, 0.25) is 0 Å². The maximum atomic E-state index is 13.5. The lowest BCUT2D eigenvalue weighted by atomic mass is 10.1. The number of thiophene rings is 1. The molecule has 0 fully saturated rings. The molecule has 1 nitrogen and oxygen atoms in total. The molecule has 0 bridgehead atoms. The molecule has 96 valence electrons. The summed E-state index contributed by atoms with van der Waals surface area (Å²) in [5.41, 5.74) is 1.85. The van der Waals surface area contributed by atoms with E-state index in [-0.39, 0.29) is 11.9 Å². The topological polar surface area (TPSA) is 12.0 Å². The fourth-order valence-electron chi connectivity index (χ4n) is 1.66. The Bertz CT molecular complexity index is 568. The zero-order valence-corrected chi connectivity index (χ0v) is 13.9. The summed E-state index contributed by atoms with van der Waals surface area (Å²) in [6.07, 6.45) is 0. The minimum atomic E-state index is -0.248. The lowest BCUT2D eigenvalue weighted by Crippen LogP contribution is -2.06. The fourth-order valence-corrected chi connectivity index (χ4v) is 3.57. The van der Waals surface area contributed by atoms with Gasteiger partial charge in [-0.25, -0.2) is 4.39 Å². The van der Waals surface area contributed by atoms with Gasteiger partial charge < -0.3 is 5.32 Å². The van der Waals surface area contributed by atoms with Crippen LogP contribution in [-0.4, -0.2) is 0 Å². The second-order valence-electron chi connectivity index (χ2n) is 4.11. The summed E-state index contributed by atoms with van der Waals surface area (Å²) in [5, 5.41) is 5.38. The molecule has 1 atom stereocenters. The monoisotopic (exact) mass is 391 g/mol. The Morgan fingerprint density at radius 2 is 2.00 bits per heavy atom. The third kappa shape index (κ3) is 3.13. The smallest absolute Gasteiger partial charge is 0.139 e. The Hall–Kier alpha value is -0.390. The number of rotatable bonds is 3. The van der Waals surface area contributed by atoms with E-state index in [4.69, 9.17) is 0 Å². The number of hydrogen-bond donors (Lipinski definition) is 1. The van der Waals surface area contributed by atoms with Crippen molar-refractivity contribution in [2.24, 2.45) is 0 Å². The van der Waals surface area contributed by atoms with E-state index >= 15 is 0 Å². The van der Waals surface area contributed by atoms with E-state index in [0.29, 0.717) is 4.47 Å². The molecule has 1 unspecified atom stereocenters. The maximum Gasteiger partial charge on any atom is 0.139 e. The number of hydrogen-bond acceptors (Lipinski definition) is 2. The molecule has 0 radical (unpaired) electrons. The third-order valence-electron chi connectivity index (χ3n) is 2.65. The number of aryl methyl sites for hydroxylation is 1. The van der Waals surface area contributed by atoms with Crippen molar-refractivity contribution in [3.8, 4) is 0 Å². The predicted octanol–water partition coefficient (Wildman–Crippen LogP) is 5.89. The highest BCUT2D eigenvalue weighted by atomic mass is 79.9. The molecule has 2 aromatic rings. The highest BCUT2D eigenvalue weighted by molar-refractivity contribution is 9.10. The molecule has 0 aliphatic rings. The van der Waals surface area contributed by atoms with Crippen molar-refractivity contribution in [3.63, 3.8) is 0 Å². The quantitative estimate of drug-likeness (QED) is 0.686. The molecule has 5 heteroatoms. The number of nitrogens with one attached hydrogen (secondary N) is 1. The van der Waals surface area contributed by atoms with Gasteiger partial charge in [-0.2, -0.15) is 0 Å². The largest absolute Gasteiger partial charge is 0.377 e. The van der Waals surface area contributed by atoms with Gasteiger partial charge in [0, 0.05) is 20.4 Å². The van der Waals surface area contributed by atoms with Crippen LogP contribution >= 0.6 is 43.2 Å². The minimum Gasteiger partial charge on any atom is -0.377 e. The lowest BCUT2D eigenvalue weighted by Gasteiger charge is -2.16. The van der Waals surface area contributed by atoms with Gasteiger partial charge in [-0.05, 0) is 69.5 Å². The summed E-state index contributed by atoms with van der Waals surface area (Å²) in [7, 11) is 0. The molecule has 2 rings (SSSR count). The van der Waals surface area contributed by atoms with Gasteiger partial charge >= 0.3 is 0 Å². The fraction of sp³-hybridized carbons (Fsp3) is 0.231. The molecule has 0 aliphatic heterocycles. The summed E-state index contributed by atoms with van der Waals surface area (Å²) >= 11 is 8.30. The van der Waals surface area contributed by atoms with Crippen LogP contribution in [0.25, 0.3) is 0 Å². The molecule has 0 amide bonds. The Balaban J connectivity index is 2.21. The first kappa shape index (κ1) is 14.0. The second-order valence-corrected chi connectivity index (χ2v) is 6.83. The van der Waals surface area contributed by atoms with Gasteiger partial charge in [-0.15, -0.1) is 11.3 Å². The molecular formula is C13H12Br2FNS. The molecule has 0 spiro atoms. The average Bonchev–Trinajstić information content (AvgIpc) is 2.73. The Labute approximate surface area is 127 Å². The van der Waals surface area contributed by atoms with Crippen LogP contribution in [0.1, 0.15) is 23.4 Å². The minimum absolute atomic E-state index is 0.153. The molecule has 18 heavy (non-hydrogen) atoms. The van der Waals surface area contributed by atoms with Gasteiger partial charge in [0.15, 0.2) is 0 Å². The highest BCUT2D eigenvalue weighted by Crippen LogP contribution is 2.30. The maximum absolute atomic E-state index is 13.5. The van der Waals surface area contributed by atoms with Gasteiger partial charge in [0.2, 0.25) is 0 Å². The average molecular weight is 393 g/mol. The summed E-state index contributed by atoms with van der Waals surface area (Å²) in [6, 6.07) is 5.54. The van der Waals surface area contributed by atoms with E-state index in [0.717, 1.165) is 15.7 Å². The van der Waals surface area contributed by atoms with Crippen molar-refractivity contribution < 1.29 is 4.39 Å². The molecule has 0 saturated heterocycles. The van der Waals surface area contributed by atoms with Crippen LogP contribution in [0, 0.1) is 12.7 Å². The van der Waals surface area contributed by atoms with Gasteiger partial charge in [0.1, 0.15) is 5.82 Å². The zero-order chi connectivity index (χ0) is 13.3. The first-order valence-electron chi connectivity index (χ1n) is 5.43. The molecule has 1 heterocycles. The Morgan fingerprint density at radius 1 is 1.28 bits per heavy atom. The zero-order valence-electron chi connectivity index (χ0n) is 9.93. The van der Waals surface area contributed by atoms with E-state index in [2.05, 4.69) is 50.2 Å². The van der Waals surface area contributed by atoms with Gasteiger partial charge in [-0.1, -0.05) is 0 Å². The first-order chi connectivity index (χ1) is 8.47. The van der Waals surface area contributed by atoms with Crippen molar-refractivity contribution in [2.45, 2.75) is 19.9 Å². The van der Waals surface area contributed by atoms with E-state index in [1.807, 2.05) is 12.3 Å². The predicted molar refractivity (Wildman–Crippen MR) is 82.9 cm³/mol. The Morgan fingerprint density at radius 3 is 2.61 bits per heavy atom. The van der Waals surface area contributed by atoms with Gasteiger partial charge in [0.05, 0.1) is 10.5 Å². The van der Waals surface area contributed by atoms with E-state index in [1.54, 1.807) is 17.4 Å². The van der Waals surface area contributed by atoms with E-state index < -0.39 is 0 Å². The first-order valence-corrected chi connectivity index (χ1v) is 7.90. The van der Waals surface area contributed by atoms with E-state index in [1.165, 1.54) is 10.9 Å². The summed E-state index contributed by atoms with van der Waals surface area (Å²) in [5.74, 6) is -0.248. The van der Waals surface area contributed by atoms with Crippen LogP contribution in [0.3, 0.4) is 0 Å². The van der Waals surface area contributed by atoms with Crippen LogP contribution in [-0.2, 0) is 0 Å². The van der Waals surface area contributed by atoms with Gasteiger partial charge in [-0.3, -0.25) is 0 Å². The molecule has 1 N–H and O–H groups in total. The van der Waals surface area contributed by atoms with Crippen molar-refractivity contribution in [2.75, 3.05) is 5.32 Å². The highest BCUT2D eigenvalue weighted by Gasteiger charge is 2.11. The molecule has 1 aromatic heterocycles. The number of anilines is 1. The number of halogens is 3. The van der Waals surface area contributed by atoms with Crippen molar-refractivity contribution >= 4 is 48.9 Å². The van der Waals surface area contributed by atoms with Crippen molar-refractivity contribution in [1.82, 2.24) is 0 Å². The second kappa shape index (κ2) is 5.72. The SMILES string of the molecule is Cc1cc(Br)c(F)cc1NC(C)c1cc(Br)cs1. The third-order valence-corrected chi connectivity index (χ3v) is 5.14. The standard InChI is InChI=1S/C13H12Br2FNS/c1-7-3-10(15)11(16)5-12(7)17-8(2)13-4-9(14)6-18-13/h3-6,8,17H,1-2H3. The normalized spacial score (nSPS) is 12.5. The molecular weight excluding hydrogens is 381 g/mol.